The number of hydrogen-bond acceptors (Lipinski definition) is 4. The highest BCUT2D eigenvalue weighted by Gasteiger charge is 2.51. The average Bonchev–Trinajstić information content (AvgIpc) is 2.96. The fraction of sp³-hybridized carbons (Fsp3) is 0.714. The van der Waals surface area contributed by atoms with Crippen molar-refractivity contribution in [3.8, 4) is 5.75 Å². The predicted octanol–water partition coefficient (Wildman–Crippen LogP) is 3.38. The fourth-order valence-electron chi connectivity index (χ4n) is 4.71. The standard InChI is InChI=1S/C21H32BNO3/c1-6-23-16-9-10-17(23)14-19(13-16)24-18-11-7-15(8-12-18)22-25-20(2,3)21(4,5)26-22/h7-8,11-12,16-17,19H,6,9-10,13-14H2,1-5H3/t16-,17+,19?. The van der Waals surface area contributed by atoms with Gasteiger partial charge in [0.05, 0.1) is 11.2 Å². The summed E-state index contributed by atoms with van der Waals surface area (Å²) in [6.07, 6.45) is 5.32. The van der Waals surface area contributed by atoms with Crippen molar-refractivity contribution in [2.75, 3.05) is 6.54 Å². The molecule has 3 aliphatic rings. The Balaban J connectivity index is 1.39. The van der Waals surface area contributed by atoms with Crippen molar-refractivity contribution in [2.45, 2.75) is 89.7 Å². The molecule has 0 spiro atoms. The number of ether oxygens (including phenoxy) is 1. The zero-order valence-electron chi connectivity index (χ0n) is 16.8. The van der Waals surface area contributed by atoms with Crippen LogP contribution in [0.5, 0.6) is 5.75 Å². The highest BCUT2D eigenvalue weighted by molar-refractivity contribution is 6.62. The van der Waals surface area contributed by atoms with Crippen LogP contribution in [0.2, 0.25) is 0 Å². The van der Waals surface area contributed by atoms with E-state index in [-0.39, 0.29) is 18.3 Å². The molecule has 0 aliphatic carbocycles. The van der Waals surface area contributed by atoms with Gasteiger partial charge >= 0.3 is 7.12 Å². The lowest BCUT2D eigenvalue weighted by molar-refractivity contribution is 0.00578. The first-order valence-corrected chi connectivity index (χ1v) is 10.2. The Bertz CT molecular complexity index is 615. The number of benzene rings is 1. The third kappa shape index (κ3) is 3.19. The van der Waals surface area contributed by atoms with Crippen LogP contribution in [0, 0.1) is 0 Å². The van der Waals surface area contributed by atoms with Gasteiger partial charge in [0.25, 0.3) is 0 Å². The summed E-state index contributed by atoms with van der Waals surface area (Å²) in [6, 6.07) is 9.71. The first kappa shape index (κ1) is 18.3. The summed E-state index contributed by atoms with van der Waals surface area (Å²) in [7, 11) is -0.308. The molecule has 3 heterocycles. The summed E-state index contributed by atoms with van der Waals surface area (Å²) in [6.45, 7) is 11.8. The molecule has 3 atom stereocenters. The highest BCUT2D eigenvalue weighted by Crippen LogP contribution is 2.38. The third-order valence-corrected chi connectivity index (χ3v) is 6.91. The van der Waals surface area contributed by atoms with Crippen molar-refractivity contribution in [3.63, 3.8) is 0 Å². The molecule has 1 aromatic carbocycles. The molecule has 0 aromatic heterocycles. The van der Waals surface area contributed by atoms with Crippen molar-refractivity contribution in [1.29, 1.82) is 0 Å². The maximum atomic E-state index is 6.32. The van der Waals surface area contributed by atoms with Gasteiger partial charge in [-0.15, -0.1) is 0 Å². The van der Waals surface area contributed by atoms with Crippen LogP contribution in [0.3, 0.4) is 0 Å². The second kappa shape index (κ2) is 6.54. The molecular formula is C21H32BNO3. The molecular weight excluding hydrogens is 325 g/mol. The molecule has 1 unspecified atom stereocenters. The molecule has 0 amide bonds. The van der Waals surface area contributed by atoms with Crippen LogP contribution >= 0.6 is 0 Å². The third-order valence-electron chi connectivity index (χ3n) is 6.91. The van der Waals surface area contributed by atoms with Crippen LogP contribution in [-0.4, -0.2) is 48.0 Å². The van der Waals surface area contributed by atoms with Crippen molar-refractivity contribution >= 4 is 12.6 Å². The number of piperidine rings is 1. The van der Waals surface area contributed by atoms with Crippen molar-refractivity contribution in [1.82, 2.24) is 4.90 Å². The largest absolute Gasteiger partial charge is 0.494 e. The van der Waals surface area contributed by atoms with Crippen LogP contribution < -0.4 is 10.2 Å². The summed E-state index contributed by atoms with van der Waals surface area (Å²) in [4.78, 5) is 2.67. The predicted molar refractivity (Wildman–Crippen MR) is 105 cm³/mol. The van der Waals surface area contributed by atoms with Gasteiger partial charge in [-0.2, -0.15) is 0 Å². The van der Waals surface area contributed by atoms with Crippen LogP contribution in [0.4, 0.5) is 0 Å². The van der Waals surface area contributed by atoms with Gasteiger partial charge in [-0.3, -0.25) is 4.90 Å². The van der Waals surface area contributed by atoms with Crippen LogP contribution in [0.25, 0.3) is 0 Å². The molecule has 3 saturated heterocycles. The highest BCUT2D eigenvalue weighted by atomic mass is 16.7. The molecule has 1 aromatic rings. The minimum atomic E-state index is -0.308. The zero-order valence-corrected chi connectivity index (χ0v) is 16.8. The van der Waals surface area contributed by atoms with Crippen LogP contribution in [-0.2, 0) is 9.31 Å². The van der Waals surface area contributed by atoms with E-state index in [1.807, 2.05) is 0 Å². The average molecular weight is 357 g/mol. The molecule has 0 saturated carbocycles. The molecule has 0 N–H and O–H groups in total. The summed E-state index contributed by atoms with van der Waals surface area (Å²) < 4.78 is 18.6. The first-order chi connectivity index (χ1) is 12.3. The van der Waals surface area contributed by atoms with Crippen molar-refractivity contribution in [2.24, 2.45) is 0 Å². The lowest BCUT2D eigenvalue weighted by Gasteiger charge is -2.38. The second-order valence-electron chi connectivity index (χ2n) is 9.08. The van der Waals surface area contributed by atoms with Gasteiger partial charge in [-0.05, 0) is 77.5 Å². The van der Waals surface area contributed by atoms with Crippen molar-refractivity contribution in [3.05, 3.63) is 24.3 Å². The van der Waals surface area contributed by atoms with E-state index in [1.165, 1.54) is 19.4 Å². The van der Waals surface area contributed by atoms with E-state index in [0.29, 0.717) is 18.2 Å². The van der Waals surface area contributed by atoms with Gasteiger partial charge in [0, 0.05) is 12.1 Å². The zero-order chi connectivity index (χ0) is 18.5. The van der Waals surface area contributed by atoms with Gasteiger partial charge < -0.3 is 14.0 Å². The summed E-state index contributed by atoms with van der Waals surface area (Å²) >= 11 is 0. The minimum absolute atomic E-state index is 0.306. The first-order valence-electron chi connectivity index (χ1n) is 10.2. The monoisotopic (exact) mass is 357 g/mol. The van der Waals surface area contributed by atoms with E-state index in [9.17, 15) is 0 Å². The Morgan fingerprint density at radius 1 is 1.00 bits per heavy atom. The Hall–Kier alpha value is -1.04. The summed E-state index contributed by atoms with van der Waals surface area (Å²) in [5, 5.41) is 0. The SMILES string of the molecule is CCN1[C@@H]2CC[C@H]1CC(Oc1ccc(B3OC(C)(C)C(C)(C)O3)cc1)C2. The number of fused-ring (bicyclic) bond motifs is 2. The van der Waals surface area contributed by atoms with Crippen LogP contribution in [0.1, 0.15) is 60.3 Å². The van der Waals surface area contributed by atoms with Crippen LogP contribution in [0.15, 0.2) is 24.3 Å². The lowest BCUT2D eigenvalue weighted by Crippen LogP contribution is -2.46. The smallest absolute Gasteiger partial charge is 0.490 e. The Morgan fingerprint density at radius 2 is 1.54 bits per heavy atom. The maximum absolute atomic E-state index is 6.32. The normalized spacial score (nSPS) is 32.8. The Kier molecular flexibility index (Phi) is 4.61. The number of nitrogens with zero attached hydrogens (tertiary/aromatic N) is 1. The Morgan fingerprint density at radius 3 is 2.04 bits per heavy atom. The quantitative estimate of drug-likeness (QED) is 0.773. The second-order valence-corrected chi connectivity index (χ2v) is 9.08. The molecule has 26 heavy (non-hydrogen) atoms. The van der Waals surface area contributed by atoms with E-state index < -0.39 is 0 Å². The molecule has 5 heteroatoms. The van der Waals surface area contributed by atoms with E-state index in [2.05, 4.69) is 63.8 Å². The molecule has 3 fully saturated rings. The van der Waals surface area contributed by atoms with Gasteiger partial charge in [0.2, 0.25) is 0 Å². The van der Waals surface area contributed by atoms with Crippen molar-refractivity contribution < 1.29 is 14.0 Å². The van der Waals surface area contributed by atoms with E-state index in [1.54, 1.807) is 0 Å². The number of rotatable bonds is 4. The molecule has 142 valence electrons. The van der Waals surface area contributed by atoms with Gasteiger partial charge in [0.1, 0.15) is 11.9 Å². The molecule has 0 radical (unpaired) electrons. The maximum Gasteiger partial charge on any atom is 0.494 e. The molecule has 2 bridgehead atoms. The topological polar surface area (TPSA) is 30.9 Å². The van der Waals surface area contributed by atoms with E-state index >= 15 is 0 Å². The lowest BCUT2D eigenvalue weighted by atomic mass is 9.79. The number of hydrogen-bond donors (Lipinski definition) is 0. The van der Waals surface area contributed by atoms with Gasteiger partial charge in [0.15, 0.2) is 0 Å². The summed E-state index contributed by atoms with van der Waals surface area (Å²) in [5.41, 5.74) is 0.440. The van der Waals surface area contributed by atoms with Gasteiger partial charge in [-0.25, -0.2) is 0 Å². The van der Waals surface area contributed by atoms with E-state index in [4.69, 9.17) is 14.0 Å². The molecule has 4 rings (SSSR count). The Labute approximate surface area is 158 Å². The minimum Gasteiger partial charge on any atom is -0.490 e. The molecule has 3 aliphatic heterocycles. The summed E-state index contributed by atoms with van der Waals surface area (Å²) in [5.74, 6) is 0.958. The molecule has 4 nitrogen and oxygen atoms in total. The van der Waals surface area contributed by atoms with E-state index in [0.717, 1.165) is 24.1 Å². The fourth-order valence-corrected chi connectivity index (χ4v) is 4.71. The van der Waals surface area contributed by atoms with Gasteiger partial charge in [-0.1, -0.05) is 19.1 Å².